The van der Waals surface area contributed by atoms with Crippen LogP contribution in [0.4, 0.5) is 5.82 Å². The van der Waals surface area contributed by atoms with Crippen LogP contribution in [0.5, 0.6) is 0 Å². The maximum Gasteiger partial charge on any atom is 0.166 e. The standard InChI is InChI=1S/C12H13BrN2O/c1-2-7-14-11-5-3-4-10(15-11)12-9(13)6-8-16-12/h3-6,8H,2,7H2,1H3,(H,14,15). The van der Waals surface area contributed by atoms with Crippen molar-refractivity contribution in [1.29, 1.82) is 0 Å². The molecule has 0 saturated heterocycles. The fraction of sp³-hybridized carbons (Fsp3) is 0.250. The van der Waals surface area contributed by atoms with Crippen LogP contribution in [0.25, 0.3) is 11.5 Å². The molecule has 0 unspecified atom stereocenters. The van der Waals surface area contributed by atoms with Gasteiger partial charge in [0, 0.05) is 6.54 Å². The number of pyridine rings is 1. The molecular formula is C12H13BrN2O. The maximum atomic E-state index is 5.37. The number of halogens is 1. The van der Waals surface area contributed by atoms with E-state index in [0.717, 1.165) is 34.7 Å². The fourth-order valence-electron chi connectivity index (χ4n) is 1.39. The average Bonchev–Trinajstić information content (AvgIpc) is 2.73. The van der Waals surface area contributed by atoms with Crippen LogP contribution in [-0.2, 0) is 0 Å². The summed E-state index contributed by atoms with van der Waals surface area (Å²) in [5.41, 5.74) is 0.831. The van der Waals surface area contributed by atoms with Crippen molar-refractivity contribution in [2.75, 3.05) is 11.9 Å². The average molecular weight is 281 g/mol. The quantitative estimate of drug-likeness (QED) is 0.922. The van der Waals surface area contributed by atoms with Gasteiger partial charge in [-0.25, -0.2) is 4.98 Å². The Morgan fingerprint density at radius 2 is 2.25 bits per heavy atom. The summed E-state index contributed by atoms with van der Waals surface area (Å²) in [5, 5.41) is 3.25. The van der Waals surface area contributed by atoms with Gasteiger partial charge in [-0.2, -0.15) is 0 Å². The molecule has 16 heavy (non-hydrogen) atoms. The summed E-state index contributed by atoms with van der Waals surface area (Å²) in [6, 6.07) is 7.72. The second kappa shape index (κ2) is 5.16. The van der Waals surface area contributed by atoms with E-state index in [0.29, 0.717) is 0 Å². The van der Waals surface area contributed by atoms with Crippen LogP contribution in [0.3, 0.4) is 0 Å². The zero-order valence-electron chi connectivity index (χ0n) is 9.03. The van der Waals surface area contributed by atoms with E-state index in [-0.39, 0.29) is 0 Å². The van der Waals surface area contributed by atoms with Gasteiger partial charge in [-0.15, -0.1) is 0 Å². The summed E-state index contributed by atoms with van der Waals surface area (Å²) in [4.78, 5) is 4.48. The van der Waals surface area contributed by atoms with Crippen molar-refractivity contribution in [2.45, 2.75) is 13.3 Å². The van der Waals surface area contributed by atoms with Crippen LogP contribution in [-0.4, -0.2) is 11.5 Å². The maximum absolute atomic E-state index is 5.37. The molecule has 4 heteroatoms. The van der Waals surface area contributed by atoms with Crippen molar-refractivity contribution in [3.8, 4) is 11.5 Å². The van der Waals surface area contributed by atoms with E-state index in [1.165, 1.54) is 0 Å². The zero-order valence-corrected chi connectivity index (χ0v) is 10.6. The lowest BCUT2D eigenvalue weighted by molar-refractivity contribution is 0.579. The summed E-state index contributed by atoms with van der Waals surface area (Å²) >= 11 is 3.43. The molecule has 3 nitrogen and oxygen atoms in total. The molecule has 2 aromatic heterocycles. The van der Waals surface area contributed by atoms with E-state index in [4.69, 9.17) is 4.42 Å². The lowest BCUT2D eigenvalue weighted by atomic mass is 10.3. The Morgan fingerprint density at radius 3 is 2.94 bits per heavy atom. The summed E-state index contributed by atoms with van der Waals surface area (Å²) in [5.74, 6) is 1.64. The monoisotopic (exact) mass is 280 g/mol. The molecule has 0 spiro atoms. The Morgan fingerprint density at radius 1 is 1.38 bits per heavy atom. The second-order valence-corrected chi connectivity index (χ2v) is 4.29. The summed E-state index contributed by atoms with van der Waals surface area (Å²) in [6.07, 6.45) is 2.73. The molecule has 1 N–H and O–H groups in total. The minimum Gasteiger partial charge on any atom is -0.461 e. The molecule has 0 saturated carbocycles. The van der Waals surface area contributed by atoms with Gasteiger partial charge in [-0.1, -0.05) is 13.0 Å². The van der Waals surface area contributed by atoms with Crippen molar-refractivity contribution in [3.63, 3.8) is 0 Å². The predicted molar refractivity (Wildman–Crippen MR) is 68.4 cm³/mol. The lowest BCUT2D eigenvalue weighted by Gasteiger charge is -2.05. The zero-order chi connectivity index (χ0) is 11.4. The van der Waals surface area contributed by atoms with Crippen molar-refractivity contribution >= 4 is 21.7 Å². The Labute approximate surface area is 103 Å². The van der Waals surface area contributed by atoms with Crippen molar-refractivity contribution in [3.05, 3.63) is 35.0 Å². The van der Waals surface area contributed by atoms with Gasteiger partial charge in [0.05, 0.1) is 10.7 Å². The Kier molecular flexibility index (Phi) is 3.62. The summed E-state index contributed by atoms with van der Waals surface area (Å²) in [6.45, 7) is 3.05. The number of hydrogen-bond donors (Lipinski definition) is 1. The van der Waals surface area contributed by atoms with Crippen LogP contribution in [0.15, 0.2) is 39.4 Å². The van der Waals surface area contributed by atoms with Gasteiger partial charge in [0.25, 0.3) is 0 Å². The van der Waals surface area contributed by atoms with Crippen LogP contribution in [0, 0.1) is 0 Å². The molecule has 0 aliphatic carbocycles. The fourth-order valence-corrected chi connectivity index (χ4v) is 1.79. The number of rotatable bonds is 4. The van der Waals surface area contributed by atoms with Gasteiger partial charge in [0.15, 0.2) is 5.76 Å². The largest absolute Gasteiger partial charge is 0.461 e. The molecule has 0 aliphatic rings. The third-order valence-electron chi connectivity index (χ3n) is 2.16. The van der Waals surface area contributed by atoms with Gasteiger partial charge in [0.2, 0.25) is 0 Å². The predicted octanol–water partition coefficient (Wildman–Crippen LogP) is 3.93. The highest BCUT2D eigenvalue weighted by molar-refractivity contribution is 9.10. The SMILES string of the molecule is CCCNc1cccc(-c2occc2Br)n1. The highest BCUT2D eigenvalue weighted by Gasteiger charge is 2.08. The summed E-state index contributed by atoms with van der Waals surface area (Å²) in [7, 11) is 0. The van der Waals surface area contributed by atoms with Crippen LogP contribution >= 0.6 is 15.9 Å². The van der Waals surface area contributed by atoms with Crippen molar-refractivity contribution in [2.24, 2.45) is 0 Å². The first-order valence-corrected chi connectivity index (χ1v) is 6.05. The number of anilines is 1. The molecule has 2 heterocycles. The van der Waals surface area contributed by atoms with E-state index >= 15 is 0 Å². The van der Waals surface area contributed by atoms with Gasteiger partial charge in [-0.3, -0.25) is 0 Å². The third kappa shape index (κ3) is 2.44. The van der Waals surface area contributed by atoms with E-state index in [9.17, 15) is 0 Å². The van der Waals surface area contributed by atoms with Crippen LogP contribution in [0.1, 0.15) is 13.3 Å². The van der Waals surface area contributed by atoms with Gasteiger partial charge < -0.3 is 9.73 Å². The molecule has 0 amide bonds. The van der Waals surface area contributed by atoms with E-state index in [2.05, 4.69) is 33.2 Å². The Hall–Kier alpha value is -1.29. The third-order valence-corrected chi connectivity index (χ3v) is 2.78. The number of aromatic nitrogens is 1. The van der Waals surface area contributed by atoms with Gasteiger partial charge >= 0.3 is 0 Å². The Balaban J connectivity index is 2.26. The van der Waals surface area contributed by atoms with Crippen molar-refractivity contribution < 1.29 is 4.42 Å². The van der Waals surface area contributed by atoms with Gasteiger partial charge in [-0.05, 0) is 40.5 Å². The normalized spacial score (nSPS) is 10.4. The molecule has 0 aliphatic heterocycles. The number of nitrogens with one attached hydrogen (secondary N) is 1. The van der Waals surface area contributed by atoms with E-state index in [1.54, 1.807) is 6.26 Å². The second-order valence-electron chi connectivity index (χ2n) is 3.43. The van der Waals surface area contributed by atoms with Gasteiger partial charge in [0.1, 0.15) is 11.5 Å². The first kappa shape index (κ1) is 11.2. The Bertz CT molecular complexity index is 468. The first-order chi connectivity index (χ1) is 7.81. The molecule has 2 rings (SSSR count). The van der Waals surface area contributed by atoms with Crippen molar-refractivity contribution in [1.82, 2.24) is 4.98 Å². The topological polar surface area (TPSA) is 38.1 Å². The number of furan rings is 1. The first-order valence-electron chi connectivity index (χ1n) is 5.25. The number of hydrogen-bond acceptors (Lipinski definition) is 3. The van der Waals surface area contributed by atoms with Crippen LogP contribution < -0.4 is 5.32 Å². The molecule has 0 atom stereocenters. The van der Waals surface area contributed by atoms with E-state index in [1.807, 2.05) is 24.3 Å². The van der Waals surface area contributed by atoms with Crippen LogP contribution in [0.2, 0.25) is 0 Å². The van der Waals surface area contributed by atoms with E-state index < -0.39 is 0 Å². The molecule has 2 aromatic rings. The molecular weight excluding hydrogens is 268 g/mol. The molecule has 0 fully saturated rings. The molecule has 0 bridgehead atoms. The number of nitrogens with zero attached hydrogens (tertiary/aromatic N) is 1. The smallest absolute Gasteiger partial charge is 0.166 e. The molecule has 0 aromatic carbocycles. The highest BCUT2D eigenvalue weighted by atomic mass is 79.9. The molecule has 0 radical (unpaired) electrons. The molecule has 84 valence electrons. The summed E-state index contributed by atoms with van der Waals surface area (Å²) < 4.78 is 6.30. The minimum atomic E-state index is 0.764. The lowest BCUT2D eigenvalue weighted by Crippen LogP contribution is -2.01. The highest BCUT2D eigenvalue weighted by Crippen LogP contribution is 2.28. The minimum absolute atomic E-state index is 0.764.